The Kier molecular flexibility index (Phi) is 6.86. The molecule has 0 N–H and O–H groups in total. The SMILES string of the molecule is N#Cc1cc[c-]c(-c2[c-]c(-c3cccc(Cc4ccccn4)n3)cc(C#N)c2)c1.[Pt+2]. The van der Waals surface area contributed by atoms with Gasteiger partial charge in [-0.15, -0.1) is 17.7 Å². The quantitative estimate of drug-likeness (QED) is 0.335. The Morgan fingerprint density at radius 1 is 0.800 bits per heavy atom. The first-order valence-corrected chi connectivity index (χ1v) is 9.01. The summed E-state index contributed by atoms with van der Waals surface area (Å²) in [6.45, 7) is 0. The topological polar surface area (TPSA) is 73.4 Å². The van der Waals surface area contributed by atoms with E-state index in [9.17, 15) is 5.26 Å². The van der Waals surface area contributed by atoms with Gasteiger partial charge in [0.2, 0.25) is 0 Å². The molecule has 2 aromatic heterocycles. The molecule has 0 fully saturated rings. The molecule has 2 aromatic carbocycles. The van der Waals surface area contributed by atoms with Crippen LogP contribution in [0, 0.1) is 34.8 Å². The molecule has 0 aliphatic carbocycles. The average Bonchev–Trinajstić information content (AvgIpc) is 2.79. The van der Waals surface area contributed by atoms with E-state index in [1.165, 1.54) is 0 Å². The van der Waals surface area contributed by atoms with Gasteiger partial charge >= 0.3 is 21.1 Å². The minimum absolute atomic E-state index is 0. The van der Waals surface area contributed by atoms with Crippen molar-refractivity contribution >= 4 is 0 Å². The normalized spacial score (nSPS) is 9.80. The molecule has 5 heteroatoms. The van der Waals surface area contributed by atoms with Gasteiger partial charge in [-0.25, -0.2) is 5.56 Å². The van der Waals surface area contributed by atoms with Gasteiger partial charge in [-0.3, -0.25) is 9.97 Å². The van der Waals surface area contributed by atoms with Gasteiger partial charge < -0.3 is 0 Å². The second kappa shape index (κ2) is 9.75. The standard InChI is InChI=1S/C25H14N4.Pt/c26-16-18-5-3-6-20(11-18)21-12-19(17-27)13-22(14-21)25-9-4-8-24(29-25)15-23-7-1-2-10-28-23;/h1-5,7-13H,15H2;/q-2;+2. The van der Waals surface area contributed by atoms with E-state index in [1.807, 2.05) is 36.4 Å². The van der Waals surface area contributed by atoms with Crippen LogP contribution in [0.4, 0.5) is 0 Å². The van der Waals surface area contributed by atoms with Crippen molar-refractivity contribution in [3.8, 4) is 34.5 Å². The molecule has 30 heavy (non-hydrogen) atoms. The fourth-order valence-electron chi connectivity index (χ4n) is 3.03. The largest absolute Gasteiger partial charge is 2.00 e. The van der Waals surface area contributed by atoms with Crippen molar-refractivity contribution in [2.75, 3.05) is 0 Å². The molecule has 0 saturated heterocycles. The fraction of sp³-hybridized carbons (Fsp3) is 0.0400. The van der Waals surface area contributed by atoms with Crippen LogP contribution in [0.1, 0.15) is 22.5 Å². The van der Waals surface area contributed by atoms with Gasteiger partial charge in [0.15, 0.2) is 0 Å². The van der Waals surface area contributed by atoms with Crippen LogP contribution in [-0.2, 0) is 27.5 Å². The van der Waals surface area contributed by atoms with E-state index in [0.29, 0.717) is 28.7 Å². The Hall–Kier alpha value is -3.59. The van der Waals surface area contributed by atoms with Crippen molar-refractivity contribution in [1.29, 1.82) is 10.5 Å². The summed E-state index contributed by atoms with van der Waals surface area (Å²) in [4.78, 5) is 9.09. The van der Waals surface area contributed by atoms with Gasteiger partial charge in [0, 0.05) is 29.7 Å². The summed E-state index contributed by atoms with van der Waals surface area (Å²) in [5.74, 6) is 0. The van der Waals surface area contributed by atoms with E-state index in [2.05, 4.69) is 29.3 Å². The van der Waals surface area contributed by atoms with Crippen molar-refractivity contribution < 1.29 is 21.1 Å². The van der Waals surface area contributed by atoms with E-state index in [0.717, 1.165) is 22.6 Å². The molecular formula is C25H14N4Pt. The predicted molar refractivity (Wildman–Crippen MR) is 109 cm³/mol. The van der Waals surface area contributed by atoms with Crippen LogP contribution in [0.15, 0.2) is 72.9 Å². The number of hydrogen-bond acceptors (Lipinski definition) is 4. The van der Waals surface area contributed by atoms with E-state index in [4.69, 9.17) is 10.2 Å². The van der Waals surface area contributed by atoms with Crippen LogP contribution in [0.2, 0.25) is 0 Å². The molecule has 4 rings (SSSR count). The van der Waals surface area contributed by atoms with Crippen LogP contribution in [-0.4, -0.2) is 9.97 Å². The summed E-state index contributed by atoms with van der Waals surface area (Å²) in [6, 6.07) is 31.0. The van der Waals surface area contributed by atoms with Crippen LogP contribution >= 0.6 is 0 Å². The van der Waals surface area contributed by atoms with Crippen LogP contribution in [0.3, 0.4) is 0 Å². The maximum absolute atomic E-state index is 9.48. The first-order valence-electron chi connectivity index (χ1n) is 9.01. The Morgan fingerprint density at radius 3 is 2.33 bits per heavy atom. The maximum atomic E-state index is 9.48. The van der Waals surface area contributed by atoms with Crippen molar-refractivity contribution in [3.63, 3.8) is 0 Å². The van der Waals surface area contributed by atoms with Crippen molar-refractivity contribution in [2.45, 2.75) is 6.42 Å². The first kappa shape index (κ1) is 21.1. The number of nitrogens with zero attached hydrogens (tertiary/aromatic N) is 4. The third kappa shape index (κ3) is 4.87. The van der Waals surface area contributed by atoms with E-state index >= 15 is 0 Å². The molecular weight excluding hydrogens is 551 g/mol. The van der Waals surface area contributed by atoms with Gasteiger partial charge in [0.05, 0.1) is 12.1 Å². The summed E-state index contributed by atoms with van der Waals surface area (Å²) in [5.41, 5.74) is 5.73. The minimum atomic E-state index is 0. The second-order valence-electron chi connectivity index (χ2n) is 6.42. The number of aromatic nitrogens is 2. The Balaban J connectivity index is 0.00000256. The third-order valence-corrected chi connectivity index (χ3v) is 4.39. The molecule has 0 spiro atoms. The number of hydrogen-bond donors (Lipinski definition) is 0. The van der Waals surface area contributed by atoms with Crippen LogP contribution in [0.5, 0.6) is 0 Å². The van der Waals surface area contributed by atoms with E-state index < -0.39 is 0 Å². The number of nitriles is 2. The fourth-order valence-corrected chi connectivity index (χ4v) is 3.03. The smallest absolute Gasteiger partial charge is 0.291 e. The predicted octanol–water partition coefficient (Wildman–Crippen LogP) is 4.74. The summed E-state index contributed by atoms with van der Waals surface area (Å²) < 4.78 is 0. The monoisotopic (exact) mass is 565 g/mol. The van der Waals surface area contributed by atoms with Gasteiger partial charge in [0.25, 0.3) is 0 Å². The minimum Gasteiger partial charge on any atom is -0.291 e. The molecule has 0 aliphatic rings. The zero-order valence-corrected chi connectivity index (χ0v) is 18.0. The molecule has 4 nitrogen and oxygen atoms in total. The van der Waals surface area contributed by atoms with Crippen molar-refractivity contribution in [1.82, 2.24) is 9.97 Å². The summed E-state index contributed by atoms with van der Waals surface area (Å²) in [7, 11) is 0. The third-order valence-electron chi connectivity index (χ3n) is 4.39. The van der Waals surface area contributed by atoms with Crippen LogP contribution in [0.25, 0.3) is 22.4 Å². The first-order chi connectivity index (χ1) is 14.2. The Labute approximate surface area is 189 Å². The Bertz CT molecular complexity index is 1250. The summed E-state index contributed by atoms with van der Waals surface area (Å²) in [6.07, 6.45) is 2.39. The van der Waals surface area contributed by atoms with E-state index in [-0.39, 0.29) is 21.1 Å². The van der Waals surface area contributed by atoms with Gasteiger partial charge in [-0.1, -0.05) is 18.2 Å². The number of benzene rings is 2. The molecule has 0 bridgehead atoms. The molecule has 0 radical (unpaired) electrons. The molecule has 0 atom stereocenters. The zero-order chi connectivity index (χ0) is 20.1. The van der Waals surface area contributed by atoms with Gasteiger partial charge in [0.1, 0.15) is 0 Å². The molecule has 2 heterocycles. The molecule has 0 saturated carbocycles. The van der Waals surface area contributed by atoms with E-state index in [1.54, 1.807) is 36.5 Å². The average molecular weight is 565 g/mol. The van der Waals surface area contributed by atoms with Crippen molar-refractivity contribution in [3.05, 3.63) is 108 Å². The molecule has 0 aliphatic heterocycles. The van der Waals surface area contributed by atoms with Gasteiger partial charge in [-0.2, -0.15) is 46.4 Å². The molecule has 4 aromatic rings. The van der Waals surface area contributed by atoms with Gasteiger partial charge in [-0.05, 0) is 29.3 Å². The summed E-state index contributed by atoms with van der Waals surface area (Å²) >= 11 is 0. The van der Waals surface area contributed by atoms with Crippen molar-refractivity contribution in [2.24, 2.45) is 0 Å². The molecule has 0 amide bonds. The maximum Gasteiger partial charge on any atom is 2.00 e. The second-order valence-corrected chi connectivity index (χ2v) is 6.42. The zero-order valence-electron chi connectivity index (χ0n) is 15.7. The molecule has 0 unspecified atom stereocenters. The number of rotatable bonds is 4. The summed E-state index contributed by atoms with van der Waals surface area (Å²) in [5, 5.41) is 18.6. The molecule has 144 valence electrons. The number of pyridine rings is 2. The van der Waals surface area contributed by atoms with Crippen LogP contribution < -0.4 is 0 Å². The Morgan fingerprint density at radius 2 is 1.57 bits per heavy atom.